The summed E-state index contributed by atoms with van der Waals surface area (Å²) in [5.74, 6) is -1.33. The van der Waals surface area contributed by atoms with Crippen molar-refractivity contribution in [1.82, 2.24) is 9.78 Å². The molecule has 0 aliphatic heterocycles. The highest BCUT2D eigenvalue weighted by molar-refractivity contribution is 5.90. The number of carboxylic acid groups (broad SMARTS) is 1. The van der Waals surface area contributed by atoms with E-state index < -0.39 is 16.4 Å². The van der Waals surface area contributed by atoms with Crippen LogP contribution < -0.4 is 5.32 Å². The summed E-state index contributed by atoms with van der Waals surface area (Å²) in [6.45, 7) is 2.99. The zero-order chi connectivity index (χ0) is 18.6. The SMILES string of the molecule is CC(C)(C(=O)O)n1cc(NC(=O)CCc2cccc([N+](=O)[O-])c2)cn1. The molecule has 0 aliphatic carbocycles. The second kappa shape index (κ2) is 7.12. The Morgan fingerprint density at radius 3 is 2.76 bits per heavy atom. The summed E-state index contributed by atoms with van der Waals surface area (Å²) in [7, 11) is 0. The Morgan fingerprint density at radius 2 is 2.12 bits per heavy atom. The molecule has 0 unspecified atom stereocenters. The van der Waals surface area contributed by atoms with E-state index in [0.717, 1.165) is 0 Å². The summed E-state index contributed by atoms with van der Waals surface area (Å²) >= 11 is 0. The number of rotatable bonds is 7. The lowest BCUT2D eigenvalue weighted by molar-refractivity contribution is -0.384. The lowest BCUT2D eigenvalue weighted by Crippen LogP contribution is -2.35. The lowest BCUT2D eigenvalue weighted by Gasteiger charge is -2.19. The van der Waals surface area contributed by atoms with Gasteiger partial charge < -0.3 is 10.4 Å². The van der Waals surface area contributed by atoms with E-state index in [4.69, 9.17) is 5.11 Å². The van der Waals surface area contributed by atoms with Crippen molar-refractivity contribution in [3.8, 4) is 0 Å². The van der Waals surface area contributed by atoms with Crippen LogP contribution in [-0.4, -0.2) is 31.7 Å². The predicted octanol–water partition coefficient (Wildman–Crippen LogP) is 2.18. The summed E-state index contributed by atoms with van der Waals surface area (Å²) in [6.07, 6.45) is 3.30. The van der Waals surface area contributed by atoms with E-state index in [1.54, 1.807) is 12.1 Å². The number of aryl methyl sites for hydroxylation is 1. The number of carbonyl (C=O) groups is 2. The fraction of sp³-hybridized carbons (Fsp3) is 0.312. The quantitative estimate of drug-likeness (QED) is 0.584. The van der Waals surface area contributed by atoms with Gasteiger partial charge in [0.2, 0.25) is 5.91 Å². The van der Waals surface area contributed by atoms with Gasteiger partial charge in [-0.3, -0.25) is 19.6 Å². The van der Waals surface area contributed by atoms with E-state index in [-0.39, 0.29) is 18.0 Å². The van der Waals surface area contributed by atoms with Gasteiger partial charge in [-0.15, -0.1) is 0 Å². The van der Waals surface area contributed by atoms with Gasteiger partial charge in [0.15, 0.2) is 5.54 Å². The van der Waals surface area contributed by atoms with Gasteiger partial charge in [0, 0.05) is 24.8 Å². The molecule has 9 heteroatoms. The average Bonchev–Trinajstić information content (AvgIpc) is 3.02. The molecule has 2 rings (SSSR count). The van der Waals surface area contributed by atoms with Crippen LogP contribution >= 0.6 is 0 Å². The number of nitro groups is 1. The maximum Gasteiger partial charge on any atom is 0.331 e. The van der Waals surface area contributed by atoms with Crippen LogP contribution in [0.2, 0.25) is 0 Å². The van der Waals surface area contributed by atoms with Crippen molar-refractivity contribution in [3.63, 3.8) is 0 Å². The first-order chi connectivity index (χ1) is 11.7. The van der Waals surface area contributed by atoms with Crippen LogP contribution in [0.15, 0.2) is 36.7 Å². The molecule has 0 saturated carbocycles. The normalized spacial score (nSPS) is 11.1. The second-order valence-corrected chi connectivity index (χ2v) is 6.01. The number of anilines is 1. The number of hydrogen-bond donors (Lipinski definition) is 2. The molecule has 1 heterocycles. The fourth-order valence-electron chi connectivity index (χ4n) is 2.10. The molecule has 0 aliphatic rings. The van der Waals surface area contributed by atoms with Gasteiger partial charge in [0.25, 0.3) is 5.69 Å². The maximum absolute atomic E-state index is 12.0. The number of aromatic nitrogens is 2. The highest BCUT2D eigenvalue weighted by Gasteiger charge is 2.30. The topological polar surface area (TPSA) is 127 Å². The number of carbonyl (C=O) groups excluding carboxylic acids is 1. The van der Waals surface area contributed by atoms with Gasteiger partial charge in [-0.2, -0.15) is 5.10 Å². The second-order valence-electron chi connectivity index (χ2n) is 6.01. The van der Waals surface area contributed by atoms with Gasteiger partial charge in [-0.05, 0) is 25.8 Å². The number of benzene rings is 1. The molecule has 2 N–H and O–H groups in total. The zero-order valence-corrected chi connectivity index (χ0v) is 13.8. The lowest BCUT2D eigenvalue weighted by atomic mass is 10.1. The van der Waals surface area contributed by atoms with E-state index in [2.05, 4.69) is 10.4 Å². The van der Waals surface area contributed by atoms with Crippen molar-refractivity contribution in [1.29, 1.82) is 0 Å². The number of non-ortho nitro benzene ring substituents is 1. The standard InChI is InChI=1S/C16H18N4O5/c1-16(2,15(22)23)19-10-12(9-17-19)18-14(21)7-6-11-4-3-5-13(8-11)20(24)25/h3-5,8-10H,6-7H2,1-2H3,(H,18,21)(H,22,23). The van der Waals surface area contributed by atoms with Crippen LogP contribution in [0.25, 0.3) is 0 Å². The minimum atomic E-state index is -1.23. The van der Waals surface area contributed by atoms with Crippen LogP contribution in [0.4, 0.5) is 11.4 Å². The average molecular weight is 346 g/mol. The molecule has 2 aromatic rings. The first-order valence-electron chi connectivity index (χ1n) is 7.52. The Kier molecular flexibility index (Phi) is 5.16. The fourth-order valence-corrected chi connectivity index (χ4v) is 2.10. The number of nitrogens with zero attached hydrogens (tertiary/aromatic N) is 3. The molecule has 25 heavy (non-hydrogen) atoms. The van der Waals surface area contributed by atoms with Gasteiger partial charge in [-0.25, -0.2) is 4.79 Å². The molecule has 0 atom stereocenters. The van der Waals surface area contributed by atoms with E-state index in [1.165, 1.54) is 43.1 Å². The van der Waals surface area contributed by atoms with Crippen molar-refractivity contribution in [2.75, 3.05) is 5.32 Å². The number of aliphatic carboxylic acids is 1. The molecule has 9 nitrogen and oxygen atoms in total. The number of carboxylic acids is 1. The van der Waals surface area contributed by atoms with E-state index in [9.17, 15) is 19.7 Å². The van der Waals surface area contributed by atoms with Gasteiger partial charge in [0.1, 0.15) is 0 Å². The van der Waals surface area contributed by atoms with Crippen molar-refractivity contribution < 1.29 is 19.6 Å². The zero-order valence-electron chi connectivity index (χ0n) is 13.8. The highest BCUT2D eigenvalue weighted by atomic mass is 16.6. The van der Waals surface area contributed by atoms with Crippen LogP contribution in [0.5, 0.6) is 0 Å². The summed E-state index contributed by atoms with van der Waals surface area (Å²) in [6, 6.07) is 6.11. The smallest absolute Gasteiger partial charge is 0.331 e. The molecule has 1 amide bonds. The van der Waals surface area contributed by atoms with E-state index in [0.29, 0.717) is 17.7 Å². The highest BCUT2D eigenvalue weighted by Crippen LogP contribution is 2.18. The molecule has 0 fully saturated rings. The van der Waals surface area contributed by atoms with Crippen molar-refractivity contribution in [2.24, 2.45) is 0 Å². The van der Waals surface area contributed by atoms with Gasteiger partial charge in [0.05, 0.1) is 16.8 Å². The third kappa shape index (κ3) is 4.40. The molecule has 0 bridgehead atoms. The molecule has 0 radical (unpaired) electrons. The number of hydrogen-bond acceptors (Lipinski definition) is 5. The predicted molar refractivity (Wildman–Crippen MR) is 89.2 cm³/mol. The molecule has 0 saturated heterocycles. The summed E-state index contributed by atoms with van der Waals surface area (Å²) < 4.78 is 1.26. The van der Waals surface area contributed by atoms with Gasteiger partial charge >= 0.3 is 5.97 Å². The minimum absolute atomic E-state index is 0.0184. The molecule has 132 valence electrons. The first-order valence-corrected chi connectivity index (χ1v) is 7.52. The number of nitrogens with one attached hydrogen (secondary N) is 1. The van der Waals surface area contributed by atoms with Gasteiger partial charge in [-0.1, -0.05) is 12.1 Å². The Labute approximate surface area is 143 Å². The van der Waals surface area contributed by atoms with E-state index >= 15 is 0 Å². The number of amides is 1. The van der Waals surface area contributed by atoms with Crippen LogP contribution in [-0.2, 0) is 21.5 Å². The summed E-state index contributed by atoms with van der Waals surface area (Å²) in [5.41, 5.74) is -0.174. The molecule has 1 aromatic heterocycles. The Hall–Kier alpha value is -3.23. The van der Waals surface area contributed by atoms with Crippen molar-refractivity contribution in [2.45, 2.75) is 32.2 Å². The Bertz CT molecular complexity index is 812. The molecule has 0 spiro atoms. The van der Waals surface area contributed by atoms with Crippen LogP contribution in [0.3, 0.4) is 0 Å². The van der Waals surface area contributed by atoms with Crippen LogP contribution in [0, 0.1) is 10.1 Å². The monoisotopic (exact) mass is 346 g/mol. The summed E-state index contributed by atoms with van der Waals surface area (Å²) in [4.78, 5) is 33.4. The van der Waals surface area contributed by atoms with Crippen molar-refractivity contribution in [3.05, 3.63) is 52.3 Å². The first kappa shape index (κ1) is 18.1. The third-order valence-corrected chi connectivity index (χ3v) is 3.72. The number of nitro benzene ring substituents is 1. The summed E-state index contributed by atoms with van der Waals surface area (Å²) in [5, 5.41) is 26.5. The van der Waals surface area contributed by atoms with E-state index in [1.807, 2.05) is 0 Å². The molecular formula is C16H18N4O5. The molecular weight excluding hydrogens is 328 g/mol. The van der Waals surface area contributed by atoms with Crippen LogP contribution in [0.1, 0.15) is 25.8 Å². The third-order valence-electron chi connectivity index (χ3n) is 3.72. The maximum atomic E-state index is 12.0. The molecule has 1 aromatic carbocycles. The van der Waals surface area contributed by atoms with Crippen molar-refractivity contribution >= 4 is 23.3 Å². The Balaban J connectivity index is 1.95. The minimum Gasteiger partial charge on any atom is -0.479 e. The largest absolute Gasteiger partial charge is 0.479 e. The Morgan fingerprint density at radius 1 is 1.40 bits per heavy atom.